The predicted molar refractivity (Wildman–Crippen MR) is 71.0 cm³/mol. The van der Waals surface area contributed by atoms with Gasteiger partial charge in [-0.05, 0) is 37.5 Å². The molecule has 2 saturated carbocycles. The van der Waals surface area contributed by atoms with E-state index in [-0.39, 0.29) is 5.92 Å². The molecular weight excluding hydrogens is 226 g/mol. The minimum absolute atomic E-state index is 0.262. The zero-order valence-electron chi connectivity index (χ0n) is 11.1. The molecule has 1 heterocycles. The molecule has 0 aromatic rings. The Labute approximate surface area is 109 Å². The van der Waals surface area contributed by atoms with Crippen LogP contribution >= 0.6 is 0 Å². The highest BCUT2D eigenvalue weighted by Gasteiger charge is 2.41. The molecule has 2 unspecified atom stereocenters. The van der Waals surface area contributed by atoms with E-state index in [2.05, 4.69) is 10.2 Å². The summed E-state index contributed by atoms with van der Waals surface area (Å²) in [5.41, 5.74) is 6.29. The number of carbonyl (C=O) groups is 1. The van der Waals surface area contributed by atoms with Crippen LogP contribution in [0.5, 0.6) is 0 Å². The second kappa shape index (κ2) is 5.17. The highest BCUT2D eigenvalue weighted by atomic mass is 16.2. The smallest absolute Gasteiger partial charge is 0.225 e. The van der Waals surface area contributed by atoms with Gasteiger partial charge in [-0.15, -0.1) is 0 Å². The van der Waals surface area contributed by atoms with Crippen LogP contribution in [0.4, 0.5) is 0 Å². The van der Waals surface area contributed by atoms with E-state index in [4.69, 9.17) is 5.73 Å². The van der Waals surface area contributed by atoms with Crippen molar-refractivity contribution in [1.82, 2.24) is 10.2 Å². The van der Waals surface area contributed by atoms with E-state index in [1.807, 2.05) is 0 Å². The van der Waals surface area contributed by atoms with Gasteiger partial charge in [0.25, 0.3) is 0 Å². The van der Waals surface area contributed by atoms with Gasteiger partial charge in [0, 0.05) is 38.1 Å². The average molecular weight is 251 g/mol. The third kappa shape index (κ3) is 2.28. The zero-order valence-corrected chi connectivity index (χ0v) is 11.1. The van der Waals surface area contributed by atoms with E-state index in [9.17, 15) is 4.79 Å². The highest BCUT2D eigenvalue weighted by Crippen LogP contribution is 2.42. The quantitative estimate of drug-likeness (QED) is 0.716. The largest absolute Gasteiger partial charge is 0.340 e. The van der Waals surface area contributed by atoms with Crippen molar-refractivity contribution < 1.29 is 4.79 Å². The molecular formula is C14H25N3O. The Morgan fingerprint density at radius 2 is 1.72 bits per heavy atom. The van der Waals surface area contributed by atoms with Crippen LogP contribution in [0.15, 0.2) is 0 Å². The Bertz CT molecular complexity index is 300. The molecule has 1 saturated heterocycles. The molecule has 2 atom stereocenters. The van der Waals surface area contributed by atoms with Crippen molar-refractivity contribution in [3.63, 3.8) is 0 Å². The van der Waals surface area contributed by atoms with Crippen molar-refractivity contribution >= 4 is 5.91 Å². The number of rotatable bonds is 1. The molecule has 0 aromatic carbocycles. The number of carbonyl (C=O) groups excluding carboxylic acids is 1. The van der Waals surface area contributed by atoms with Gasteiger partial charge < -0.3 is 16.0 Å². The van der Waals surface area contributed by atoms with E-state index in [1.54, 1.807) is 0 Å². The van der Waals surface area contributed by atoms with Crippen LogP contribution < -0.4 is 11.1 Å². The van der Waals surface area contributed by atoms with Gasteiger partial charge in [0.1, 0.15) is 0 Å². The Morgan fingerprint density at radius 1 is 1.11 bits per heavy atom. The third-order valence-electron chi connectivity index (χ3n) is 5.19. The molecule has 0 radical (unpaired) electrons. The number of amides is 1. The summed E-state index contributed by atoms with van der Waals surface area (Å²) in [5.74, 6) is 1.88. The molecule has 3 fully saturated rings. The summed E-state index contributed by atoms with van der Waals surface area (Å²) in [5, 5.41) is 3.31. The fourth-order valence-electron chi connectivity index (χ4n) is 4.13. The highest BCUT2D eigenvalue weighted by molar-refractivity contribution is 5.79. The van der Waals surface area contributed by atoms with E-state index in [0.29, 0.717) is 23.8 Å². The standard InChI is InChI=1S/C14H25N3O/c15-13-10-2-1-3-11(13)9-12(8-10)14(18)17-6-4-16-5-7-17/h10-13,16H,1-9,15H2. The second-order valence-electron chi connectivity index (χ2n) is 6.27. The SMILES string of the molecule is NC1C2CCCC1CC(C(=O)N1CCNCC1)C2. The lowest BCUT2D eigenvalue weighted by Gasteiger charge is -2.44. The van der Waals surface area contributed by atoms with E-state index >= 15 is 0 Å². The average Bonchev–Trinajstić information content (AvgIpc) is 2.38. The lowest BCUT2D eigenvalue weighted by Crippen LogP contribution is -2.52. The van der Waals surface area contributed by atoms with Gasteiger partial charge in [0.15, 0.2) is 0 Å². The number of fused-ring (bicyclic) bond motifs is 2. The van der Waals surface area contributed by atoms with Crippen molar-refractivity contribution in [1.29, 1.82) is 0 Å². The first-order chi connectivity index (χ1) is 8.75. The van der Waals surface area contributed by atoms with Crippen molar-refractivity contribution in [2.45, 2.75) is 38.1 Å². The molecule has 0 spiro atoms. The third-order valence-corrected chi connectivity index (χ3v) is 5.19. The van der Waals surface area contributed by atoms with Crippen LogP contribution in [0.1, 0.15) is 32.1 Å². The van der Waals surface area contributed by atoms with Crippen molar-refractivity contribution in [3.8, 4) is 0 Å². The molecule has 1 amide bonds. The molecule has 4 heteroatoms. The minimum atomic E-state index is 0.262. The normalized spacial score (nSPS) is 40.6. The first-order valence-corrected chi connectivity index (χ1v) is 7.51. The summed E-state index contributed by atoms with van der Waals surface area (Å²) in [6, 6.07) is 0.367. The summed E-state index contributed by atoms with van der Waals surface area (Å²) in [6.45, 7) is 3.67. The summed E-state index contributed by atoms with van der Waals surface area (Å²) < 4.78 is 0. The molecule has 4 nitrogen and oxygen atoms in total. The Morgan fingerprint density at radius 3 is 2.33 bits per heavy atom. The summed E-state index contributed by atoms with van der Waals surface area (Å²) in [4.78, 5) is 14.6. The van der Waals surface area contributed by atoms with Crippen molar-refractivity contribution in [2.24, 2.45) is 23.5 Å². The van der Waals surface area contributed by atoms with Gasteiger partial charge in [-0.3, -0.25) is 4.79 Å². The molecule has 1 aliphatic heterocycles. The topological polar surface area (TPSA) is 58.4 Å². The monoisotopic (exact) mass is 251 g/mol. The van der Waals surface area contributed by atoms with Gasteiger partial charge in [0.05, 0.1) is 0 Å². The van der Waals surface area contributed by atoms with Gasteiger partial charge in [-0.2, -0.15) is 0 Å². The van der Waals surface area contributed by atoms with Gasteiger partial charge in [0.2, 0.25) is 5.91 Å². The summed E-state index contributed by atoms with van der Waals surface area (Å²) in [6.07, 6.45) is 5.88. The van der Waals surface area contributed by atoms with Crippen LogP contribution in [0, 0.1) is 17.8 Å². The van der Waals surface area contributed by atoms with Crippen molar-refractivity contribution in [2.75, 3.05) is 26.2 Å². The maximum Gasteiger partial charge on any atom is 0.225 e. The Balaban J connectivity index is 1.64. The lowest BCUT2D eigenvalue weighted by molar-refractivity contribution is -0.139. The van der Waals surface area contributed by atoms with Crippen LogP contribution in [-0.4, -0.2) is 43.0 Å². The van der Waals surface area contributed by atoms with Gasteiger partial charge in [-0.1, -0.05) is 6.42 Å². The van der Waals surface area contributed by atoms with E-state index < -0.39 is 0 Å². The molecule has 2 aliphatic carbocycles. The second-order valence-corrected chi connectivity index (χ2v) is 6.27. The first-order valence-electron chi connectivity index (χ1n) is 7.51. The molecule has 18 heavy (non-hydrogen) atoms. The number of hydrogen-bond donors (Lipinski definition) is 2. The molecule has 2 bridgehead atoms. The maximum absolute atomic E-state index is 12.5. The Kier molecular flexibility index (Phi) is 3.57. The zero-order chi connectivity index (χ0) is 12.5. The first kappa shape index (κ1) is 12.4. The number of nitrogens with zero attached hydrogens (tertiary/aromatic N) is 1. The number of nitrogens with two attached hydrogens (primary N) is 1. The summed E-state index contributed by atoms with van der Waals surface area (Å²) in [7, 11) is 0. The molecule has 3 aliphatic rings. The predicted octanol–water partition coefficient (Wildman–Crippen LogP) is 0.572. The maximum atomic E-state index is 12.5. The number of piperazine rings is 1. The van der Waals surface area contributed by atoms with Gasteiger partial charge in [-0.25, -0.2) is 0 Å². The fourth-order valence-corrected chi connectivity index (χ4v) is 4.13. The van der Waals surface area contributed by atoms with Crippen LogP contribution in [0.3, 0.4) is 0 Å². The van der Waals surface area contributed by atoms with Crippen LogP contribution in [0.25, 0.3) is 0 Å². The fraction of sp³-hybridized carbons (Fsp3) is 0.929. The number of hydrogen-bond acceptors (Lipinski definition) is 3. The van der Waals surface area contributed by atoms with Crippen molar-refractivity contribution in [3.05, 3.63) is 0 Å². The van der Waals surface area contributed by atoms with Gasteiger partial charge >= 0.3 is 0 Å². The lowest BCUT2D eigenvalue weighted by atomic mass is 9.65. The summed E-state index contributed by atoms with van der Waals surface area (Å²) >= 11 is 0. The molecule has 0 aromatic heterocycles. The van der Waals surface area contributed by atoms with Crippen LogP contribution in [0.2, 0.25) is 0 Å². The molecule has 3 N–H and O–H groups in total. The Hall–Kier alpha value is -0.610. The van der Waals surface area contributed by atoms with E-state index in [0.717, 1.165) is 39.0 Å². The van der Waals surface area contributed by atoms with Crippen LogP contribution in [-0.2, 0) is 4.79 Å². The number of nitrogens with one attached hydrogen (secondary N) is 1. The van der Waals surface area contributed by atoms with E-state index in [1.165, 1.54) is 19.3 Å². The molecule has 3 rings (SSSR count). The molecule has 102 valence electrons. The minimum Gasteiger partial charge on any atom is -0.340 e.